The third-order valence-corrected chi connectivity index (χ3v) is 8.45. The van der Waals surface area contributed by atoms with Gasteiger partial charge in [-0.25, -0.2) is 15.0 Å². The predicted molar refractivity (Wildman–Crippen MR) is 155 cm³/mol. The lowest BCUT2D eigenvalue weighted by atomic mass is 10.0. The Hall–Kier alpha value is -4.47. The van der Waals surface area contributed by atoms with E-state index in [-0.39, 0.29) is 34.5 Å². The third kappa shape index (κ3) is 5.69. The molecule has 46 heavy (non-hydrogen) atoms. The number of benzene rings is 1. The van der Waals surface area contributed by atoms with Gasteiger partial charge in [0.2, 0.25) is 11.2 Å². The van der Waals surface area contributed by atoms with Crippen LogP contribution in [0.2, 0.25) is 5.28 Å². The first kappa shape index (κ1) is 31.5. The van der Waals surface area contributed by atoms with Gasteiger partial charge in [0, 0.05) is 62.6 Å². The second-order valence-corrected chi connectivity index (χ2v) is 11.5. The van der Waals surface area contributed by atoms with Gasteiger partial charge in [-0.1, -0.05) is 6.92 Å². The maximum atomic E-state index is 13.8. The van der Waals surface area contributed by atoms with Gasteiger partial charge >= 0.3 is 12.4 Å². The van der Waals surface area contributed by atoms with E-state index in [4.69, 9.17) is 11.6 Å². The molecule has 0 spiro atoms. The first-order valence-corrected chi connectivity index (χ1v) is 14.5. The zero-order valence-corrected chi connectivity index (χ0v) is 25.3. The molecule has 3 aromatic heterocycles. The van der Waals surface area contributed by atoms with Crippen molar-refractivity contribution in [1.29, 1.82) is 0 Å². The lowest BCUT2D eigenvalue weighted by molar-refractivity contribution is -0.143. The number of anilines is 2. The first-order chi connectivity index (χ1) is 21.7. The molecule has 1 saturated heterocycles. The number of alkyl halides is 6. The summed E-state index contributed by atoms with van der Waals surface area (Å²) in [6.45, 7) is 1.50. The smallest absolute Gasteiger partial charge is 0.330 e. The molecule has 2 aliphatic rings. The summed E-state index contributed by atoms with van der Waals surface area (Å²) in [7, 11) is 3.30. The van der Waals surface area contributed by atoms with Crippen LogP contribution in [0.3, 0.4) is 0 Å². The summed E-state index contributed by atoms with van der Waals surface area (Å²) in [5.74, 6) is -0.0674. The molecule has 0 bridgehead atoms. The number of hydrogen-bond donors (Lipinski definition) is 0. The molecular weight excluding hydrogens is 640 g/mol. The summed E-state index contributed by atoms with van der Waals surface area (Å²) in [6, 6.07) is 0.544. The number of amides is 1. The van der Waals surface area contributed by atoms with Crippen LogP contribution in [0.5, 0.6) is 0 Å². The van der Waals surface area contributed by atoms with Gasteiger partial charge in [0.25, 0.3) is 5.91 Å². The summed E-state index contributed by atoms with van der Waals surface area (Å²) in [5, 5.41) is 4.05. The minimum atomic E-state index is -5.03. The average molecular weight is 666 g/mol. The molecule has 0 N–H and O–H groups in total. The Morgan fingerprint density at radius 3 is 2.15 bits per heavy atom. The third-order valence-electron chi connectivity index (χ3n) is 8.27. The summed E-state index contributed by atoms with van der Waals surface area (Å²) in [6.07, 6.45) is -2.20. The van der Waals surface area contributed by atoms with Crippen LogP contribution in [0, 0.1) is 0 Å². The zero-order chi connectivity index (χ0) is 33.1. The van der Waals surface area contributed by atoms with E-state index in [0.29, 0.717) is 41.9 Å². The van der Waals surface area contributed by atoms with Crippen molar-refractivity contribution >= 4 is 29.3 Å². The van der Waals surface area contributed by atoms with Crippen LogP contribution in [-0.4, -0.2) is 65.8 Å². The van der Waals surface area contributed by atoms with Crippen molar-refractivity contribution in [3.63, 3.8) is 0 Å². The predicted octanol–water partition coefficient (Wildman–Crippen LogP) is 5.83. The first-order valence-electron chi connectivity index (χ1n) is 14.1. The van der Waals surface area contributed by atoms with Gasteiger partial charge in [0.15, 0.2) is 0 Å². The van der Waals surface area contributed by atoms with Crippen molar-refractivity contribution in [2.45, 2.75) is 56.9 Å². The number of fused-ring (bicyclic) bond motifs is 3. The van der Waals surface area contributed by atoms with Gasteiger partial charge in [-0.15, -0.1) is 0 Å². The number of nitrogens with zero attached hydrogens (tertiary/aromatic N) is 9. The highest BCUT2D eigenvalue weighted by Crippen LogP contribution is 2.43. The van der Waals surface area contributed by atoms with Crippen molar-refractivity contribution in [2.75, 3.05) is 16.8 Å². The van der Waals surface area contributed by atoms with Crippen LogP contribution < -0.4 is 9.80 Å². The average Bonchev–Trinajstić information content (AvgIpc) is 3.61. The number of aromatic nitrogens is 6. The standard InChI is InChI=1S/C29H26ClF6N9O/c1-4-20-8-22(24-43(3)25(46)21-12-37-26(30)41-23(21)45(20)24)44(27-38-9-16(10-39-27)17-11-40-42(2)14-17)13-15-5-18(28(31,32)33)7-19(6-15)29(34,35)36/h5-7,9-12,14,20,22,24H,4,8,13H2,1-3H3/t20-,22?,24?/m1/s1. The normalized spacial score (nSPS) is 19.8. The number of aryl methyl sites for hydroxylation is 1. The largest absolute Gasteiger partial charge is 0.416 e. The van der Waals surface area contributed by atoms with Gasteiger partial charge in [-0.05, 0) is 48.2 Å². The van der Waals surface area contributed by atoms with Crippen molar-refractivity contribution in [1.82, 2.24) is 34.6 Å². The van der Waals surface area contributed by atoms with E-state index in [1.165, 1.54) is 23.5 Å². The number of halogens is 7. The SMILES string of the molecule is CC[C@@H]1CC(N(Cc2cc(C(F)(F)F)cc(C(F)(F)F)c2)c2ncc(-c3cnn(C)c3)cn2)C2N(C)C(=O)c3cnc(Cl)nc3N21. The molecular formula is C29H26ClF6N9O. The van der Waals surface area contributed by atoms with Gasteiger partial charge in [0.1, 0.15) is 17.5 Å². The molecule has 2 unspecified atom stereocenters. The van der Waals surface area contributed by atoms with Crippen molar-refractivity contribution in [2.24, 2.45) is 7.05 Å². The van der Waals surface area contributed by atoms with Crippen LogP contribution in [-0.2, 0) is 25.9 Å². The number of carbonyl (C=O) groups excluding carboxylic acids is 1. The molecule has 5 heterocycles. The Morgan fingerprint density at radius 1 is 0.935 bits per heavy atom. The van der Waals surface area contributed by atoms with Crippen LogP contribution in [0.25, 0.3) is 11.1 Å². The van der Waals surface area contributed by atoms with Gasteiger partial charge in [0.05, 0.1) is 23.4 Å². The van der Waals surface area contributed by atoms with E-state index in [9.17, 15) is 31.1 Å². The fourth-order valence-corrected chi connectivity index (χ4v) is 6.28. The molecule has 2 aliphatic heterocycles. The lowest BCUT2D eigenvalue weighted by Crippen LogP contribution is -2.59. The number of likely N-dealkylation sites (N-methyl/N-ethyl adjacent to an activating group) is 1. The fraction of sp³-hybridized carbons (Fsp3) is 0.379. The maximum absolute atomic E-state index is 13.8. The molecule has 0 radical (unpaired) electrons. The molecule has 1 aromatic carbocycles. The number of rotatable bonds is 6. The Labute approximate surface area is 263 Å². The molecule has 1 fully saturated rings. The Morgan fingerprint density at radius 2 is 1.59 bits per heavy atom. The zero-order valence-electron chi connectivity index (χ0n) is 24.6. The van der Waals surface area contributed by atoms with E-state index in [1.807, 2.05) is 11.8 Å². The monoisotopic (exact) mass is 665 g/mol. The molecule has 3 atom stereocenters. The van der Waals surface area contributed by atoms with Gasteiger partial charge < -0.3 is 14.7 Å². The molecule has 6 rings (SSSR count). The second kappa shape index (κ2) is 11.4. The summed E-state index contributed by atoms with van der Waals surface area (Å²) < 4.78 is 84.4. The summed E-state index contributed by atoms with van der Waals surface area (Å²) in [4.78, 5) is 35.7. The molecule has 10 nitrogen and oxygen atoms in total. The Kier molecular flexibility index (Phi) is 7.81. The Bertz CT molecular complexity index is 1750. The van der Waals surface area contributed by atoms with Crippen LogP contribution in [0.1, 0.15) is 46.8 Å². The van der Waals surface area contributed by atoms with Crippen LogP contribution >= 0.6 is 11.6 Å². The molecule has 242 valence electrons. The van der Waals surface area contributed by atoms with E-state index < -0.39 is 48.1 Å². The van der Waals surface area contributed by atoms with E-state index in [2.05, 4.69) is 25.0 Å². The van der Waals surface area contributed by atoms with Crippen molar-refractivity contribution < 1.29 is 31.1 Å². The minimum Gasteiger partial charge on any atom is -0.330 e. The van der Waals surface area contributed by atoms with Crippen molar-refractivity contribution in [3.05, 3.63) is 76.7 Å². The molecule has 0 saturated carbocycles. The maximum Gasteiger partial charge on any atom is 0.416 e. The highest BCUT2D eigenvalue weighted by atomic mass is 35.5. The van der Waals surface area contributed by atoms with E-state index in [0.717, 1.165) is 0 Å². The molecule has 1 amide bonds. The molecule has 17 heteroatoms. The molecule has 0 aliphatic carbocycles. The van der Waals surface area contributed by atoms with E-state index in [1.54, 1.807) is 36.1 Å². The highest BCUT2D eigenvalue weighted by Gasteiger charge is 2.52. The second-order valence-electron chi connectivity index (χ2n) is 11.2. The highest BCUT2D eigenvalue weighted by molar-refractivity contribution is 6.28. The fourth-order valence-electron chi connectivity index (χ4n) is 6.15. The van der Waals surface area contributed by atoms with Gasteiger partial charge in [-0.3, -0.25) is 9.48 Å². The Balaban J connectivity index is 1.48. The minimum absolute atomic E-state index is 0.0488. The van der Waals surface area contributed by atoms with Crippen molar-refractivity contribution in [3.8, 4) is 11.1 Å². The quantitative estimate of drug-likeness (QED) is 0.188. The van der Waals surface area contributed by atoms with E-state index >= 15 is 0 Å². The molecule has 4 aromatic rings. The topological polar surface area (TPSA) is 96.2 Å². The van der Waals surface area contributed by atoms with Crippen LogP contribution in [0.15, 0.2) is 49.2 Å². The summed E-state index contributed by atoms with van der Waals surface area (Å²) >= 11 is 6.12. The number of carbonyl (C=O) groups is 1. The summed E-state index contributed by atoms with van der Waals surface area (Å²) in [5.41, 5.74) is -1.61. The lowest BCUT2D eigenvalue weighted by Gasteiger charge is -2.44. The van der Waals surface area contributed by atoms with Crippen LogP contribution in [0.4, 0.5) is 38.1 Å². The van der Waals surface area contributed by atoms with Gasteiger partial charge in [-0.2, -0.15) is 36.4 Å². The number of hydrogen-bond acceptors (Lipinski definition) is 8.